The first-order chi connectivity index (χ1) is 6.29. The Morgan fingerprint density at radius 3 is 2.43 bits per heavy atom. The lowest BCUT2D eigenvalue weighted by atomic mass is 9.66. The monoisotopic (exact) mass is 274 g/mol. The van der Waals surface area contributed by atoms with E-state index >= 15 is 0 Å². The first-order valence-corrected chi connectivity index (χ1v) is 5.53. The van der Waals surface area contributed by atoms with E-state index in [1.165, 1.54) is 0 Å². The molecule has 0 aliphatic heterocycles. The topological polar surface area (TPSA) is 9.23 Å². The Kier molecular flexibility index (Phi) is 3.52. The van der Waals surface area contributed by atoms with Crippen LogP contribution in [0.1, 0.15) is 26.7 Å². The molecule has 1 saturated carbocycles. The van der Waals surface area contributed by atoms with Crippen LogP contribution in [-0.2, 0) is 4.74 Å². The van der Waals surface area contributed by atoms with Crippen LogP contribution < -0.4 is 0 Å². The molecule has 1 aliphatic rings. The Hall–Kier alpha value is 0.230. The Balaban J connectivity index is 2.41. The molecule has 0 spiro atoms. The SMILES string of the molecule is CCC1(C)C(Br)CC1OCC(F)(F)F. The van der Waals surface area contributed by atoms with Gasteiger partial charge in [0.05, 0.1) is 6.10 Å². The molecule has 84 valence electrons. The largest absolute Gasteiger partial charge is 0.411 e. The number of halogens is 4. The average molecular weight is 275 g/mol. The molecule has 0 bridgehead atoms. The maximum absolute atomic E-state index is 11.9. The number of ether oxygens (including phenoxy) is 1. The van der Waals surface area contributed by atoms with Crippen molar-refractivity contribution >= 4 is 15.9 Å². The second-order valence-corrected chi connectivity index (χ2v) is 5.08. The molecule has 0 aromatic rings. The summed E-state index contributed by atoms with van der Waals surface area (Å²) >= 11 is 3.44. The van der Waals surface area contributed by atoms with E-state index in [0.29, 0.717) is 6.42 Å². The van der Waals surface area contributed by atoms with Crippen molar-refractivity contribution in [3.8, 4) is 0 Å². The lowest BCUT2D eigenvalue weighted by Crippen LogP contribution is -2.53. The fourth-order valence-corrected chi connectivity index (χ4v) is 2.63. The summed E-state index contributed by atoms with van der Waals surface area (Å²) in [6.45, 7) is 2.79. The normalized spacial score (nSPS) is 38.1. The van der Waals surface area contributed by atoms with Gasteiger partial charge < -0.3 is 4.74 Å². The Morgan fingerprint density at radius 2 is 2.07 bits per heavy atom. The first-order valence-electron chi connectivity index (χ1n) is 4.62. The molecule has 0 radical (unpaired) electrons. The molecule has 1 fully saturated rings. The highest BCUT2D eigenvalue weighted by Gasteiger charge is 2.50. The molecule has 0 heterocycles. The van der Waals surface area contributed by atoms with Crippen LogP contribution in [0.15, 0.2) is 0 Å². The fraction of sp³-hybridized carbons (Fsp3) is 1.00. The maximum atomic E-state index is 11.9. The molecule has 0 saturated heterocycles. The van der Waals surface area contributed by atoms with Gasteiger partial charge in [-0.2, -0.15) is 13.2 Å². The van der Waals surface area contributed by atoms with Crippen molar-refractivity contribution in [1.29, 1.82) is 0 Å². The third kappa shape index (κ3) is 2.42. The summed E-state index contributed by atoms with van der Waals surface area (Å²) in [4.78, 5) is 0.276. The van der Waals surface area contributed by atoms with Gasteiger partial charge in [-0.3, -0.25) is 0 Å². The second kappa shape index (κ2) is 4.00. The van der Waals surface area contributed by atoms with Crippen LogP contribution >= 0.6 is 15.9 Å². The van der Waals surface area contributed by atoms with E-state index in [9.17, 15) is 13.2 Å². The third-order valence-corrected chi connectivity index (χ3v) is 4.50. The van der Waals surface area contributed by atoms with Gasteiger partial charge in [-0.15, -0.1) is 0 Å². The molecule has 3 atom stereocenters. The number of hydrogen-bond acceptors (Lipinski definition) is 1. The van der Waals surface area contributed by atoms with Crippen LogP contribution in [0.3, 0.4) is 0 Å². The molecular formula is C9H14BrF3O. The molecule has 1 rings (SSSR count). The van der Waals surface area contributed by atoms with Crippen LogP contribution in [0.4, 0.5) is 13.2 Å². The van der Waals surface area contributed by atoms with Gasteiger partial charge in [-0.05, 0) is 12.8 Å². The zero-order valence-corrected chi connectivity index (χ0v) is 9.78. The average Bonchev–Trinajstić information content (AvgIpc) is 2.08. The first kappa shape index (κ1) is 12.3. The highest BCUT2D eigenvalue weighted by atomic mass is 79.9. The van der Waals surface area contributed by atoms with Crippen LogP contribution in [0.25, 0.3) is 0 Å². The van der Waals surface area contributed by atoms with E-state index in [-0.39, 0.29) is 16.3 Å². The quantitative estimate of drug-likeness (QED) is 0.716. The molecule has 5 heteroatoms. The molecular weight excluding hydrogens is 261 g/mol. The van der Waals surface area contributed by atoms with Crippen LogP contribution in [0.2, 0.25) is 0 Å². The van der Waals surface area contributed by atoms with E-state index < -0.39 is 12.8 Å². The van der Waals surface area contributed by atoms with Crippen molar-refractivity contribution in [3.05, 3.63) is 0 Å². The third-order valence-electron chi connectivity index (χ3n) is 3.08. The van der Waals surface area contributed by atoms with Crippen LogP contribution in [-0.4, -0.2) is 23.7 Å². The molecule has 0 aromatic heterocycles. The number of hydrogen-bond donors (Lipinski definition) is 0. The summed E-state index contributed by atoms with van der Waals surface area (Å²) in [7, 11) is 0. The minimum atomic E-state index is -4.22. The van der Waals surface area contributed by atoms with E-state index in [0.717, 1.165) is 6.42 Å². The molecule has 0 amide bonds. The zero-order chi connectivity index (χ0) is 11.0. The second-order valence-electron chi connectivity index (χ2n) is 3.98. The predicted octanol–water partition coefficient (Wildman–Crippen LogP) is 3.52. The van der Waals surface area contributed by atoms with E-state index in [1.54, 1.807) is 0 Å². The lowest BCUT2D eigenvalue weighted by molar-refractivity contribution is -0.212. The van der Waals surface area contributed by atoms with Gasteiger partial charge in [-0.25, -0.2) is 0 Å². The van der Waals surface area contributed by atoms with Crippen molar-refractivity contribution in [3.63, 3.8) is 0 Å². The fourth-order valence-electron chi connectivity index (χ4n) is 1.67. The van der Waals surface area contributed by atoms with Crippen molar-refractivity contribution in [1.82, 2.24) is 0 Å². The summed E-state index contributed by atoms with van der Waals surface area (Å²) in [5.74, 6) is 0. The Bertz CT molecular complexity index is 207. The highest BCUT2D eigenvalue weighted by Crippen LogP contribution is 2.50. The van der Waals surface area contributed by atoms with Gasteiger partial charge in [0, 0.05) is 10.2 Å². The van der Waals surface area contributed by atoms with E-state index in [1.807, 2.05) is 13.8 Å². The summed E-state index contributed by atoms with van der Waals surface area (Å²) in [6, 6.07) is 0. The zero-order valence-electron chi connectivity index (χ0n) is 8.20. The van der Waals surface area contributed by atoms with E-state index in [4.69, 9.17) is 4.74 Å². The molecule has 1 nitrogen and oxygen atoms in total. The van der Waals surface area contributed by atoms with Gasteiger partial charge in [0.2, 0.25) is 0 Å². The highest BCUT2D eigenvalue weighted by molar-refractivity contribution is 9.09. The number of rotatable bonds is 3. The van der Waals surface area contributed by atoms with Crippen molar-refractivity contribution in [2.75, 3.05) is 6.61 Å². The van der Waals surface area contributed by atoms with E-state index in [2.05, 4.69) is 15.9 Å². The summed E-state index contributed by atoms with van der Waals surface area (Å²) < 4.78 is 40.5. The standard InChI is InChI=1S/C9H14BrF3O/c1-3-8(2)6(10)4-7(8)14-5-9(11,12)13/h6-7H,3-5H2,1-2H3. The van der Waals surface area contributed by atoms with Crippen molar-refractivity contribution in [2.24, 2.45) is 5.41 Å². The molecule has 0 N–H and O–H groups in total. The lowest BCUT2D eigenvalue weighted by Gasteiger charge is -2.51. The Morgan fingerprint density at radius 1 is 1.50 bits per heavy atom. The summed E-state index contributed by atoms with van der Waals surface area (Å²) in [5, 5.41) is 0. The van der Waals surface area contributed by atoms with Gasteiger partial charge in [-0.1, -0.05) is 29.8 Å². The smallest absolute Gasteiger partial charge is 0.368 e. The molecule has 14 heavy (non-hydrogen) atoms. The molecule has 3 unspecified atom stereocenters. The van der Waals surface area contributed by atoms with Gasteiger partial charge in [0.25, 0.3) is 0 Å². The molecule has 1 aliphatic carbocycles. The van der Waals surface area contributed by atoms with Gasteiger partial charge in [0.15, 0.2) is 0 Å². The van der Waals surface area contributed by atoms with Crippen molar-refractivity contribution in [2.45, 2.75) is 43.8 Å². The summed E-state index contributed by atoms with van der Waals surface area (Å²) in [6.07, 6.45) is -2.99. The summed E-state index contributed by atoms with van der Waals surface area (Å²) in [5.41, 5.74) is -0.148. The minimum Gasteiger partial charge on any atom is -0.368 e. The number of alkyl halides is 4. The van der Waals surface area contributed by atoms with Crippen molar-refractivity contribution < 1.29 is 17.9 Å². The van der Waals surface area contributed by atoms with Gasteiger partial charge in [0.1, 0.15) is 6.61 Å². The van der Waals surface area contributed by atoms with Crippen LogP contribution in [0.5, 0.6) is 0 Å². The van der Waals surface area contributed by atoms with Gasteiger partial charge >= 0.3 is 6.18 Å². The molecule has 0 aromatic carbocycles. The van der Waals surface area contributed by atoms with Crippen LogP contribution in [0, 0.1) is 5.41 Å². The predicted molar refractivity (Wildman–Crippen MR) is 51.5 cm³/mol. The maximum Gasteiger partial charge on any atom is 0.411 e. The Labute approximate surface area is 90.1 Å². The minimum absolute atomic E-state index is 0.148.